The van der Waals surface area contributed by atoms with Crippen molar-refractivity contribution in [2.24, 2.45) is 4.99 Å². The minimum absolute atomic E-state index is 0.123. The number of carbonyl (C=O) groups is 1. The van der Waals surface area contributed by atoms with Crippen LogP contribution >= 0.6 is 0 Å². The Hall–Kier alpha value is -1.79. The molecule has 0 bridgehead atoms. The van der Waals surface area contributed by atoms with Gasteiger partial charge in [0.15, 0.2) is 5.82 Å². The highest BCUT2D eigenvalue weighted by Gasteiger charge is 2.49. The lowest BCUT2D eigenvalue weighted by Crippen LogP contribution is -2.55. The molecule has 7 heteroatoms. The molecule has 1 atom stereocenters. The summed E-state index contributed by atoms with van der Waals surface area (Å²) in [5.41, 5.74) is 0.123. The number of H-pyrrole nitrogens is 1. The number of aromatic amines is 1. The van der Waals surface area contributed by atoms with E-state index in [4.69, 9.17) is 0 Å². The second-order valence-electron chi connectivity index (χ2n) is 3.62. The Bertz CT molecular complexity index is 429. The van der Waals surface area contributed by atoms with Crippen molar-refractivity contribution >= 4 is 18.4 Å². The lowest BCUT2D eigenvalue weighted by molar-refractivity contribution is -0.102. The van der Waals surface area contributed by atoms with Crippen LogP contribution in [-0.4, -0.2) is 34.8 Å². The van der Waals surface area contributed by atoms with Gasteiger partial charge in [-0.2, -0.15) is 5.10 Å². The monoisotopic (exact) mass is 228 g/mol. The Labute approximate surface area is 90.0 Å². The Balaban J connectivity index is 2.06. The van der Waals surface area contributed by atoms with Crippen molar-refractivity contribution in [1.82, 2.24) is 15.5 Å². The number of hydrogen-bond acceptors (Lipinski definition) is 3. The van der Waals surface area contributed by atoms with E-state index in [2.05, 4.69) is 27.2 Å². The van der Waals surface area contributed by atoms with Crippen molar-refractivity contribution < 1.29 is 13.6 Å². The summed E-state index contributed by atoms with van der Waals surface area (Å²) in [5, 5.41) is 8.28. The van der Waals surface area contributed by atoms with Crippen LogP contribution in [0, 0.1) is 0 Å². The van der Waals surface area contributed by atoms with Crippen molar-refractivity contribution in [2.45, 2.75) is 24.8 Å². The summed E-state index contributed by atoms with van der Waals surface area (Å²) in [6.45, 7) is 3.24. The highest BCUT2D eigenvalue weighted by molar-refractivity contribution is 5.98. The van der Waals surface area contributed by atoms with Crippen molar-refractivity contribution in [3.8, 4) is 0 Å². The van der Waals surface area contributed by atoms with Crippen LogP contribution in [0.4, 0.5) is 14.6 Å². The van der Waals surface area contributed by atoms with Crippen molar-refractivity contribution in [2.75, 3.05) is 0 Å². The van der Waals surface area contributed by atoms with Crippen molar-refractivity contribution in [3.05, 3.63) is 11.8 Å². The average molecular weight is 228 g/mol. The summed E-state index contributed by atoms with van der Waals surface area (Å²) < 4.78 is 25.8. The molecule has 2 N–H and O–H groups in total. The molecule has 1 aliphatic carbocycles. The quantitative estimate of drug-likeness (QED) is 0.765. The summed E-state index contributed by atoms with van der Waals surface area (Å²) >= 11 is 0. The molecule has 0 unspecified atom stereocenters. The van der Waals surface area contributed by atoms with Gasteiger partial charge in [-0.3, -0.25) is 9.89 Å². The molecular formula is C9H10F2N4O. The summed E-state index contributed by atoms with van der Waals surface area (Å²) in [5.74, 6) is -3.23. The molecule has 0 aromatic carbocycles. The van der Waals surface area contributed by atoms with Crippen LogP contribution in [0.2, 0.25) is 0 Å². The van der Waals surface area contributed by atoms with E-state index < -0.39 is 17.9 Å². The molecule has 1 heterocycles. The molecule has 2 rings (SSSR count). The second-order valence-corrected chi connectivity index (χ2v) is 3.62. The maximum Gasteiger partial charge on any atom is 0.267 e. The number of nitrogens with zero attached hydrogens (tertiary/aromatic N) is 2. The topological polar surface area (TPSA) is 70.1 Å². The molecule has 0 spiro atoms. The normalized spacial score (nSPS) is 22.2. The molecule has 1 aliphatic rings. The molecule has 0 aliphatic heterocycles. The smallest absolute Gasteiger partial charge is 0.267 e. The predicted octanol–water partition coefficient (Wildman–Crippen LogP) is 1.27. The molecule has 0 saturated heterocycles. The van der Waals surface area contributed by atoms with Gasteiger partial charge in [-0.05, 0) is 13.1 Å². The maximum atomic E-state index is 12.9. The fourth-order valence-corrected chi connectivity index (χ4v) is 1.49. The van der Waals surface area contributed by atoms with Gasteiger partial charge in [0.05, 0.1) is 12.2 Å². The summed E-state index contributed by atoms with van der Waals surface area (Å²) in [4.78, 5) is 15.1. The van der Waals surface area contributed by atoms with E-state index in [1.165, 1.54) is 6.20 Å². The van der Waals surface area contributed by atoms with E-state index in [0.717, 1.165) is 0 Å². The number of halogens is 2. The van der Waals surface area contributed by atoms with E-state index in [9.17, 15) is 13.6 Å². The molecule has 1 aromatic rings. The maximum absolute atomic E-state index is 12.9. The lowest BCUT2D eigenvalue weighted by Gasteiger charge is -2.36. The molecule has 1 saturated carbocycles. The van der Waals surface area contributed by atoms with Crippen LogP contribution in [0.15, 0.2) is 11.2 Å². The van der Waals surface area contributed by atoms with Crippen LogP contribution in [0.25, 0.3) is 0 Å². The van der Waals surface area contributed by atoms with E-state index in [1.54, 1.807) is 0 Å². The lowest BCUT2D eigenvalue weighted by atomic mass is 9.88. The Morgan fingerprint density at radius 3 is 3.00 bits per heavy atom. The summed E-state index contributed by atoms with van der Waals surface area (Å²) in [6.07, 6.45) is 1.33. The van der Waals surface area contributed by atoms with Crippen LogP contribution in [0.5, 0.6) is 0 Å². The van der Waals surface area contributed by atoms with Gasteiger partial charge in [0.2, 0.25) is 0 Å². The number of rotatable bonds is 3. The number of hydrogen-bond donors (Lipinski definition) is 2. The van der Waals surface area contributed by atoms with E-state index >= 15 is 0 Å². The zero-order valence-electron chi connectivity index (χ0n) is 8.33. The van der Waals surface area contributed by atoms with Gasteiger partial charge in [-0.15, -0.1) is 0 Å². The molecule has 1 aromatic heterocycles. The van der Waals surface area contributed by atoms with Crippen LogP contribution in [-0.2, 0) is 0 Å². The molecule has 5 nitrogen and oxygen atoms in total. The van der Waals surface area contributed by atoms with Gasteiger partial charge in [0.25, 0.3) is 11.8 Å². The third-order valence-corrected chi connectivity index (χ3v) is 2.60. The highest BCUT2D eigenvalue weighted by Crippen LogP contribution is 2.37. The van der Waals surface area contributed by atoms with Gasteiger partial charge < -0.3 is 5.32 Å². The molecule has 1 amide bonds. The highest BCUT2D eigenvalue weighted by atomic mass is 19.3. The van der Waals surface area contributed by atoms with Crippen molar-refractivity contribution in [1.29, 1.82) is 0 Å². The van der Waals surface area contributed by atoms with Crippen LogP contribution in [0.1, 0.15) is 23.2 Å². The van der Waals surface area contributed by atoms with Gasteiger partial charge in [0.1, 0.15) is 5.56 Å². The third kappa shape index (κ3) is 1.68. The molecule has 1 fully saturated rings. The van der Waals surface area contributed by atoms with E-state index in [1.807, 2.05) is 0 Å². The van der Waals surface area contributed by atoms with Crippen LogP contribution < -0.4 is 5.32 Å². The Morgan fingerprint density at radius 2 is 2.50 bits per heavy atom. The Morgan fingerprint density at radius 1 is 1.75 bits per heavy atom. The van der Waals surface area contributed by atoms with Gasteiger partial charge in [0, 0.05) is 6.42 Å². The number of aliphatic imine (C=N–C) groups is 1. The van der Waals surface area contributed by atoms with Gasteiger partial charge >= 0.3 is 0 Å². The average Bonchev–Trinajstić information content (AvgIpc) is 2.72. The largest absolute Gasteiger partial charge is 0.343 e. The first-order valence-electron chi connectivity index (χ1n) is 4.73. The van der Waals surface area contributed by atoms with Crippen LogP contribution in [0.3, 0.4) is 0 Å². The number of amides is 1. The summed E-state index contributed by atoms with van der Waals surface area (Å²) in [6, 6.07) is -1.09. The van der Waals surface area contributed by atoms with Gasteiger partial charge in [-0.25, -0.2) is 13.8 Å². The minimum Gasteiger partial charge on any atom is -0.343 e. The number of nitrogens with one attached hydrogen (secondary N) is 2. The number of aromatic nitrogens is 2. The minimum atomic E-state index is -2.80. The first kappa shape index (κ1) is 10.7. The fourth-order valence-electron chi connectivity index (χ4n) is 1.49. The standard InChI is InChI=1S/C9H10F2N4O/c1-12-7-5(4-13-15-7)8(16)14-6-2-3-9(6,10)11/h4,6H,1-3H2,(H,13,15)(H,14,16)/t6-/m0/s1. The van der Waals surface area contributed by atoms with E-state index in [0.29, 0.717) is 0 Å². The fraction of sp³-hybridized carbons (Fsp3) is 0.444. The molecular weight excluding hydrogens is 218 g/mol. The number of alkyl halides is 2. The number of carbonyl (C=O) groups excluding carboxylic acids is 1. The Kier molecular flexibility index (Phi) is 2.45. The predicted molar refractivity (Wildman–Crippen MR) is 53.2 cm³/mol. The zero-order valence-corrected chi connectivity index (χ0v) is 8.33. The molecule has 0 radical (unpaired) electrons. The molecule has 16 heavy (non-hydrogen) atoms. The first-order valence-corrected chi connectivity index (χ1v) is 4.73. The summed E-state index contributed by atoms with van der Waals surface area (Å²) in [7, 11) is 0. The second kappa shape index (κ2) is 3.66. The van der Waals surface area contributed by atoms with Gasteiger partial charge in [-0.1, -0.05) is 0 Å². The zero-order chi connectivity index (χ0) is 11.8. The van der Waals surface area contributed by atoms with Crippen molar-refractivity contribution in [3.63, 3.8) is 0 Å². The SMILES string of the molecule is C=Nc1[nH]ncc1C(=O)N[C@H]1CCC1(F)F. The third-order valence-electron chi connectivity index (χ3n) is 2.60. The molecule has 86 valence electrons. The first-order chi connectivity index (χ1) is 7.54. The van der Waals surface area contributed by atoms with E-state index in [-0.39, 0.29) is 24.2 Å².